The molecule has 0 spiro atoms. The summed E-state index contributed by atoms with van der Waals surface area (Å²) in [5, 5.41) is 16.3. The van der Waals surface area contributed by atoms with E-state index < -0.39 is 5.97 Å². The third kappa shape index (κ3) is 1.19. The van der Waals surface area contributed by atoms with E-state index in [0.29, 0.717) is 10.9 Å². The SMILES string of the molecule is COC(=O)c1n[nH]c2ccc(O)cc12. The number of aromatic amines is 1. The predicted molar refractivity (Wildman–Crippen MR) is 49.1 cm³/mol. The summed E-state index contributed by atoms with van der Waals surface area (Å²) in [7, 11) is 1.28. The van der Waals surface area contributed by atoms with Gasteiger partial charge in [0.1, 0.15) is 5.75 Å². The number of ether oxygens (including phenoxy) is 1. The first kappa shape index (κ1) is 8.55. The van der Waals surface area contributed by atoms with Crippen molar-refractivity contribution < 1.29 is 14.6 Å². The van der Waals surface area contributed by atoms with E-state index >= 15 is 0 Å². The monoisotopic (exact) mass is 192 g/mol. The second-order valence-electron chi connectivity index (χ2n) is 2.79. The molecule has 0 aliphatic rings. The smallest absolute Gasteiger partial charge is 0.359 e. The Hall–Kier alpha value is -2.04. The fourth-order valence-electron chi connectivity index (χ4n) is 1.25. The van der Waals surface area contributed by atoms with Gasteiger partial charge in [-0.05, 0) is 18.2 Å². The largest absolute Gasteiger partial charge is 0.508 e. The second-order valence-corrected chi connectivity index (χ2v) is 2.79. The molecule has 0 aliphatic heterocycles. The van der Waals surface area contributed by atoms with Crippen molar-refractivity contribution in [2.24, 2.45) is 0 Å². The Morgan fingerprint density at radius 1 is 1.57 bits per heavy atom. The minimum atomic E-state index is -0.526. The average Bonchev–Trinajstić information content (AvgIpc) is 2.59. The number of methoxy groups -OCH3 is 1. The van der Waals surface area contributed by atoms with E-state index in [-0.39, 0.29) is 11.4 Å². The first-order chi connectivity index (χ1) is 6.72. The fraction of sp³-hybridized carbons (Fsp3) is 0.111. The van der Waals surface area contributed by atoms with E-state index in [1.54, 1.807) is 6.07 Å². The summed E-state index contributed by atoms with van der Waals surface area (Å²) >= 11 is 0. The maximum absolute atomic E-state index is 11.2. The number of aromatic nitrogens is 2. The molecule has 0 saturated carbocycles. The number of phenolic OH excluding ortho intramolecular Hbond substituents is 1. The third-order valence-electron chi connectivity index (χ3n) is 1.93. The number of rotatable bonds is 1. The molecule has 1 aromatic carbocycles. The van der Waals surface area contributed by atoms with E-state index in [2.05, 4.69) is 14.9 Å². The summed E-state index contributed by atoms with van der Waals surface area (Å²) in [6.07, 6.45) is 0. The molecule has 14 heavy (non-hydrogen) atoms. The van der Waals surface area contributed by atoms with Gasteiger partial charge in [-0.3, -0.25) is 5.10 Å². The van der Waals surface area contributed by atoms with Crippen molar-refractivity contribution in [3.63, 3.8) is 0 Å². The number of phenols is 1. The van der Waals surface area contributed by atoms with Gasteiger partial charge in [-0.25, -0.2) is 4.79 Å². The zero-order valence-corrected chi connectivity index (χ0v) is 7.44. The minimum Gasteiger partial charge on any atom is -0.508 e. The van der Waals surface area contributed by atoms with Crippen LogP contribution in [-0.4, -0.2) is 28.4 Å². The highest BCUT2D eigenvalue weighted by atomic mass is 16.5. The number of nitrogens with zero attached hydrogens (tertiary/aromatic N) is 1. The summed E-state index contributed by atoms with van der Waals surface area (Å²) in [4.78, 5) is 11.2. The number of esters is 1. The summed E-state index contributed by atoms with van der Waals surface area (Å²) in [6.45, 7) is 0. The molecule has 0 unspecified atom stereocenters. The van der Waals surface area contributed by atoms with E-state index in [1.807, 2.05) is 0 Å². The van der Waals surface area contributed by atoms with Crippen molar-refractivity contribution in [3.05, 3.63) is 23.9 Å². The highest BCUT2D eigenvalue weighted by Crippen LogP contribution is 2.21. The lowest BCUT2D eigenvalue weighted by molar-refractivity contribution is 0.0596. The highest BCUT2D eigenvalue weighted by molar-refractivity contribution is 6.02. The zero-order chi connectivity index (χ0) is 10.1. The molecule has 72 valence electrons. The van der Waals surface area contributed by atoms with E-state index in [0.717, 1.165) is 0 Å². The molecule has 0 aliphatic carbocycles. The Bertz CT molecular complexity index is 490. The Kier molecular flexibility index (Phi) is 1.85. The molecule has 0 fully saturated rings. The summed E-state index contributed by atoms with van der Waals surface area (Å²) in [5.41, 5.74) is 0.863. The predicted octanol–water partition coefficient (Wildman–Crippen LogP) is 1.06. The lowest BCUT2D eigenvalue weighted by Crippen LogP contribution is -2.01. The number of carbonyl (C=O) groups is 1. The van der Waals surface area contributed by atoms with Crippen molar-refractivity contribution in [1.82, 2.24) is 10.2 Å². The molecular weight excluding hydrogens is 184 g/mol. The molecule has 2 N–H and O–H groups in total. The Labute approximate surface area is 79.3 Å². The summed E-state index contributed by atoms with van der Waals surface area (Å²) < 4.78 is 4.54. The maximum atomic E-state index is 11.2. The van der Waals surface area contributed by atoms with E-state index in [4.69, 9.17) is 0 Å². The second kappa shape index (κ2) is 3.02. The van der Waals surface area contributed by atoms with Gasteiger partial charge in [-0.2, -0.15) is 5.10 Å². The number of fused-ring (bicyclic) bond motifs is 1. The van der Waals surface area contributed by atoms with Crippen LogP contribution in [0.2, 0.25) is 0 Å². The Morgan fingerprint density at radius 2 is 2.36 bits per heavy atom. The van der Waals surface area contributed by atoms with E-state index in [1.165, 1.54) is 19.2 Å². The van der Waals surface area contributed by atoms with Gasteiger partial charge >= 0.3 is 5.97 Å². The first-order valence-corrected chi connectivity index (χ1v) is 3.98. The van der Waals surface area contributed by atoms with Crippen molar-refractivity contribution >= 4 is 16.9 Å². The Morgan fingerprint density at radius 3 is 3.07 bits per heavy atom. The number of nitrogens with one attached hydrogen (secondary N) is 1. The quantitative estimate of drug-likeness (QED) is 0.662. The van der Waals surface area contributed by atoms with Crippen LogP contribution in [0, 0.1) is 0 Å². The van der Waals surface area contributed by atoms with Gasteiger partial charge in [-0.15, -0.1) is 0 Å². The van der Waals surface area contributed by atoms with Crippen LogP contribution < -0.4 is 0 Å². The van der Waals surface area contributed by atoms with Crippen molar-refractivity contribution in [2.45, 2.75) is 0 Å². The van der Waals surface area contributed by atoms with Gasteiger partial charge in [0.05, 0.1) is 12.6 Å². The molecule has 0 saturated heterocycles. The lowest BCUT2D eigenvalue weighted by atomic mass is 10.2. The number of H-pyrrole nitrogens is 1. The van der Waals surface area contributed by atoms with Crippen LogP contribution in [0.3, 0.4) is 0 Å². The molecule has 5 heteroatoms. The van der Waals surface area contributed by atoms with Crippen LogP contribution in [-0.2, 0) is 4.74 Å². The molecule has 5 nitrogen and oxygen atoms in total. The number of carbonyl (C=O) groups excluding carboxylic acids is 1. The van der Waals surface area contributed by atoms with Crippen molar-refractivity contribution in [1.29, 1.82) is 0 Å². The molecular formula is C9H8N2O3. The number of aromatic hydroxyl groups is 1. The van der Waals surface area contributed by atoms with Gasteiger partial charge in [0, 0.05) is 5.39 Å². The van der Waals surface area contributed by atoms with E-state index in [9.17, 15) is 9.90 Å². The standard InChI is InChI=1S/C9H8N2O3/c1-14-9(13)8-6-4-5(12)2-3-7(6)10-11-8/h2-4,12H,1H3,(H,10,11). The topological polar surface area (TPSA) is 75.2 Å². The molecule has 0 amide bonds. The van der Waals surface area contributed by atoms with Crippen LogP contribution in [0.4, 0.5) is 0 Å². The van der Waals surface area contributed by atoms with Crippen LogP contribution in [0.15, 0.2) is 18.2 Å². The van der Waals surface area contributed by atoms with Gasteiger partial charge in [0.2, 0.25) is 0 Å². The molecule has 1 heterocycles. The fourth-order valence-corrected chi connectivity index (χ4v) is 1.25. The molecule has 2 aromatic rings. The minimum absolute atomic E-state index is 0.0871. The Balaban J connectivity index is 2.67. The molecule has 2 rings (SSSR count). The van der Waals surface area contributed by atoms with Crippen LogP contribution >= 0.6 is 0 Å². The van der Waals surface area contributed by atoms with Crippen molar-refractivity contribution in [3.8, 4) is 5.75 Å². The average molecular weight is 192 g/mol. The lowest BCUT2D eigenvalue weighted by Gasteiger charge is -1.95. The molecule has 0 bridgehead atoms. The van der Waals surface area contributed by atoms with Gasteiger partial charge < -0.3 is 9.84 Å². The normalized spacial score (nSPS) is 10.4. The van der Waals surface area contributed by atoms with Crippen molar-refractivity contribution in [2.75, 3.05) is 7.11 Å². The highest BCUT2D eigenvalue weighted by Gasteiger charge is 2.14. The number of benzene rings is 1. The molecule has 0 atom stereocenters. The first-order valence-electron chi connectivity index (χ1n) is 3.98. The van der Waals surface area contributed by atoms with Gasteiger partial charge in [0.25, 0.3) is 0 Å². The summed E-state index contributed by atoms with van der Waals surface area (Å²) in [6, 6.07) is 4.62. The maximum Gasteiger partial charge on any atom is 0.359 e. The van der Waals surface area contributed by atoms with Crippen LogP contribution in [0.1, 0.15) is 10.5 Å². The van der Waals surface area contributed by atoms with Gasteiger partial charge in [-0.1, -0.05) is 0 Å². The summed E-state index contributed by atoms with van der Waals surface area (Å²) in [5.74, 6) is -0.439. The number of hydrogen-bond acceptors (Lipinski definition) is 4. The van der Waals surface area contributed by atoms with Crippen LogP contribution in [0.5, 0.6) is 5.75 Å². The van der Waals surface area contributed by atoms with Gasteiger partial charge in [0.15, 0.2) is 5.69 Å². The third-order valence-corrected chi connectivity index (χ3v) is 1.93. The number of hydrogen-bond donors (Lipinski definition) is 2. The van der Waals surface area contributed by atoms with Crippen LogP contribution in [0.25, 0.3) is 10.9 Å². The molecule has 1 aromatic heterocycles. The zero-order valence-electron chi connectivity index (χ0n) is 7.44. The molecule has 0 radical (unpaired) electrons.